The summed E-state index contributed by atoms with van der Waals surface area (Å²) in [5.41, 5.74) is -0.506. The number of morpholine rings is 1. The number of carbonyl (C=O) groups is 3. The van der Waals surface area contributed by atoms with Crippen LogP contribution in [0, 0.1) is 17.5 Å². The average Bonchev–Trinajstić information content (AvgIpc) is 2.74. The number of carbonyl (C=O) groups excluding carboxylic acids is 3. The molecule has 0 saturated carbocycles. The molecule has 0 aromatic heterocycles. The summed E-state index contributed by atoms with van der Waals surface area (Å²) in [5, 5.41) is 2.15. The number of amides is 3. The first-order valence-electron chi connectivity index (χ1n) is 9.47. The summed E-state index contributed by atoms with van der Waals surface area (Å²) in [7, 11) is 0. The number of ether oxygens (including phenoxy) is 1. The summed E-state index contributed by atoms with van der Waals surface area (Å²) >= 11 is 1.15. The molecule has 1 saturated heterocycles. The van der Waals surface area contributed by atoms with E-state index < -0.39 is 29.0 Å². The van der Waals surface area contributed by atoms with Gasteiger partial charge in [-0.3, -0.25) is 14.4 Å². The topological polar surface area (TPSA) is 79.0 Å². The molecule has 0 unspecified atom stereocenters. The molecule has 0 spiro atoms. The van der Waals surface area contributed by atoms with Crippen molar-refractivity contribution in [3.05, 3.63) is 29.6 Å². The molecule has 1 aliphatic heterocycles. The van der Waals surface area contributed by atoms with Crippen molar-refractivity contribution < 1.29 is 32.3 Å². The minimum Gasteiger partial charge on any atom is -0.378 e. The van der Waals surface area contributed by atoms with E-state index in [-0.39, 0.29) is 36.4 Å². The highest BCUT2D eigenvalue weighted by molar-refractivity contribution is 8.00. The molecule has 166 valence electrons. The highest BCUT2D eigenvalue weighted by atomic mass is 32.2. The molecule has 11 heteroatoms. The van der Waals surface area contributed by atoms with Gasteiger partial charge >= 0.3 is 0 Å². The standard InChI is InChI=1S/C19H24F3N3O4S/c1-2-5-25(10-15(26)23-14-4-3-13(20)18(21)19(14)22)17(28)12-30-11-16(27)24-6-8-29-9-7-24/h3-4H,2,5-12H2,1H3,(H,23,26). The Morgan fingerprint density at radius 3 is 2.50 bits per heavy atom. The van der Waals surface area contributed by atoms with Gasteiger partial charge in [-0.2, -0.15) is 0 Å². The lowest BCUT2D eigenvalue weighted by molar-refractivity contribution is -0.132. The molecule has 1 aliphatic rings. The fraction of sp³-hybridized carbons (Fsp3) is 0.526. The van der Waals surface area contributed by atoms with Gasteiger partial charge in [-0.25, -0.2) is 13.2 Å². The fourth-order valence-electron chi connectivity index (χ4n) is 2.77. The van der Waals surface area contributed by atoms with E-state index in [1.54, 1.807) is 4.90 Å². The van der Waals surface area contributed by atoms with Crippen LogP contribution in [-0.4, -0.2) is 78.4 Å². The van der Waals surface area contributed by atoms with E-state index in [4.69, 9.17) is 4.74 Å². The lowest BCUT2D eigenvalue weighted by atomic mass is 10.2. The molecular formula is C19H24F3N3O4S. The Hall–Kier alpha value is -2.27. The predicted molar refractivity (Wildman–Crippen MR) is 107 cm³/mol. The van der Waals surface area contributed by atoms with Crippen molar-refractivity contribution in [3.8, 4) is 0 Å². The molecule has 2 rings (SSSR count). The van der Waals surface area contributed by atoms with Crippen LogP contribution >= 0.6 is 11.8 Å². The Bertz CT molecular complexity index is 776. The van der Waals surface area contributed by atoms with Crippen molar-refractivity contribution in [3.63, 3.8) is 0 Å². The second-order valence-electron chi connectivity index (χ2n) is 6.57. The third-order valence-corrected chi connectivity index (χ3v) is 5.21. The highest BCUT2D eigenvalue weighted by Crippen LogP contribution is 2.19. The van der Waals surface area contributed by atoms with Crippen molar-refractivity contribution in [1.29, 1.82) is 0 Å². The number of rotatable bonds is 9. The van der Waals surface area contributed by atoms with E-state index in [1.807, 2.05) is 6.92 Å². The third kappa shape index (κ3) is 6.91. The fourth-order valence-corrected chi connectivity index (χ4v) is 3.58. The van der Waals surface area contributed by atoms with Crippen LogP contribution in [0.5, 0.6) is 0 Å². The third-order valence-electron chi connectivity index (χ3n) is 4.30. The number of hydrogen-bond donors (Lipinski definition) is 1. The summed E-state index contributed by atoms with van der Waals surface area (Å²) < 4.78 is 45.2. The van der Waals surface area contributed by atoms with E-state index in [2.05, 4.69) is 5.32 Å². The molecule has 0 aliphatic carbocycles. The Labute approximate surface area is 176 Å². The molecule has 1 aromatic rings. The van der Waals surface area contributed by atoms with E-state index in [0.717, 1.165) is 17.8 Å². The van der Waals surface area contributed by atoms with Gasteiger partial charge in [0.15, 0.2) is 17.5 Å². The van der Waals surface area contributed by atoms with Crippen molar-refractivity contribution in [2.45, 2.75) is 13.3 Å². The molecule has 1 heterocycles. The van der Waals surface area contributed by atoms with Gasteiger partial charge < -0.3 is 19.9 Å². The summed E-state index contributed by atoms with van der Waals surface area (Å²) in [5.74, 6) is -5.58. The largest absolute Gasteiger partial charge is 0.378 e. The van der Waals surface area contributed by atoms with Gasteiger partial charge in [-0.1, -0.05) is 6.92 Å². The van der Waals surface area contributed by atoms with Crippen molar-refractivity contribution >= 4 is 35.2 Å². The number of benzene rings is 1. The first kappa shape index (κ1) is 24.0. The van der Waals surface area contributed by atoms with Crippen molar-refractivity contribution in [2.24, 2.45) is 0 Å². The van der Waals surface area contributed by atoms with Crippen molar-refractivity contribution in [2.75, 3.05) is 56.2 Å². The number of nitrogens with one attached hydrogen (secondary N) is 1. The smallest absolute Gasteiger partial charge is 0.244 e. The normalized spacial score (nSPS) is 13.8. The van der Waals surface area contributed by atoms with Gasteiger partial charge in [0.1, 0.15) is 0 Å². The Kier molecular flexibility index (Phi) is 9.44. The maximum atomic E-state index is 13.7. The van der Waals surface area contributed by atoms with Gasteiger partial charge in [0.2, 0.25) is 17.7 Å². The zero-order valence-electron chi connectivity index (χ0n) is 16.6. The molecule has 3 amide bonds. The minimum atomic E-state index is -1.68. The summed E-state index contributed by atoms with van der Waals surface area (Å²) in [4.78, 5) is 39.7. The maximum absolute atomic E-state index is 13.7. The number of anilines is 1. The maximum Gasteiger partial charge on any atom is 0.244 e. The second kappa shape index (κ2) is 11.8. The summed E-state index contributed by atoms with van der Waals surface area (Å²) in [6, 6.07) is 1.61. The molecule has 7 nitrogen and oxygen atoms in total. The van der Waals surface area contributed by atoms with E-state index >= 15 is 0 Å². The van der Waals surface area contributed by atoms with Gasteiger partial charge in [0, 0.05) is 19.6 Å². The predicted octanol–water partition coefficient (Wildman–Crippen LogP) is 1.87. The molecule has 0 bridgehead atoms. The highest BCUT2D eigenvalue weighted by Gasteiger charge is 2.21. The summed E-state index contributed by atoms with van der Waals surface area (Å²) in [6.07, 6.45) is 0.579. The minimum absolute atomic E-state index is 0.00287. The van der Waals surface area contributed by atoms with E-state index in [9.17, 15) is 27.6 Å². The van der Waals surface area contributed by atoms with Gasteiger partial charge in [0.25, 0.3) is 0 Å². The quantitative estimate of drug-likeness (QED) is 0.585. The zero-order valence-corrected chi connectivity index (χ0v) is 17.4. The van der Waals surface area contributed by atoms with E-state index in [1.165, 1.54) is 4.90 Å². The van der Waals surface area contributed by atoms with Crippen molar-refractivity contribution in [1.82, 2.24) is 9.80 Å². The lowest BCUT2D eigenvalue weighted by Crippen LogP contribution is -2.42. The van der Waals surface area contributed by atoms with Crippen LogP contribution in [0.1, 0.15) is 13.3 Å². The molecule has 1 fully saturated rings. The molecular weight excluding hydrogens is 423 g/mol. The van der Waals surface area contributed by atoms with Crippen LogP contribution in [0.2, 0.25) is 0 Å². The average molecular weight is 447 g/mol. The van der Waals surface area contributed by atoms with Crippen LogP contribution in [0.4, 0.5) is 18.9 Å². The zero-order chi connectivity index (χ0) is 22.1. The van der Waals surface area contributed by atoms with Gasteiger partial charge in [-0.15, -0.1) is 11.8 Å². The molecule has 30 heavy (non-hydrogen) atoms. The van der Waals surface area contributed by atoms with Crippen LogP contribution in [0.3, 0.4) is 0 Å². The Morgan fingerprint density at radius 1 is 1.13 bits per heavy atom. The van der Waals surface area contributed by atoms with E-state index in [0.29, 0.717) is 38.8 Å². The van der Waals surface area contributed by atoms with Crippen LogP contribution in [0.25, 0.3) is 0 Å². The monoisotopic (exact) mass is 447 g/mol. The molecule has 0 radical (unpaired) electrons. The number of nitrogens with zero attached hydrogens (tertiary/aromatic N) is 2. The van der Waals surface area contributed by atoms with Gasteiger partial charge in [0.05, 0.1) is 37.0 Å². The van der Waals surface area contributed by atoms with Gasteiger partial charge in [-0.05, 0) is 18.6 Å². The molecule has 1 N–H and O–H groups in total. The van der Waals surface area contributed by atoms with Crippen LogP contribution in [-0.2, 0) is 19.1 Å². The summed E-state index contributed by atoms with van der Waals surface area (Å²) in [6.45, 7) is 3.77. The van der Waals surface area contributed by atoms with Crippen LogP contribution < -0.4 is 5.32 Å². The Balaban J connectivity index is 1.84. The van der Waals surface area contributed by atoms with Crippen LogP contribution in [0.15, 0.2) is 12.1 Å². The number of halogens is 3. The molecule has 1 aromatic carbocycles. The first-order chi connectivity index (χ1) is 14.3. The number of thioether (sulfide) groups is 1. The molecule has 0 atom stereocenters. The second-order valence-corrected chi connectivity index (χ2v) is 7.56. The lowest BCUT2D eigenvalue weighted by Gasteiger charge is -2.27. The number of hydrogen-bond acceptors (Lipinski definition) is 5. The Morgan fingerprint density at radius 2 is 1.83 bits per heavy atom. The first-order valence-corrected chi connectivity index (χ1v) is 10.6. The SMILES string of the molecule is CCCN(CC(=O)Nc1ccc(F)c(F)c1F)C(=O)CSCC(=O)N1CCOCC1.